The molecule has 1 aromatic carbocycles. The highest BCUT2D eigenvalue weighted by Crippen LogP contribution is 2.33. The zero-order valence-corrected chi connectivity index (χ0v) is 13.5. The first kappa shape index (κ1) is 18.0. The van der Waals surface area contributed by atoms with Crippen molar-refractivity contribution in [2.24, 2.45) is 0 Å². The minimum atomic E-state index is -3.75. The van der Waals surface area contributed by atoms with Gasteiger partial charge in [-0.05, 0) is 12.5 Å². The number of carbonyl (C=O) groups is 1. The molecular formula is C16H19F2N3O3. The summed E-state index contributed by atoms with van der Waals surface area (Å²) in [6.07, 6.45) is 0.550. The smallest absolute Gasteiger partial charge is 0.379 e. The maximum absolute atomic E-state index is 14.5. The summed E-state index contributed by atoms with van der Waals surface area (Å²) in [5, 5.41) is 10.2. The van der Waals surface area contributed by atoms with Gasteiger partial charge >= 0.3 is 11.9 Å². The van der Waals surface area contributed by atoms with Gasteiger partial charge in [-0.15, -0.1) is 10.2 Å². The van der Waals surface area contributed by atoms with Crippen LogP contribution >= 0.6 is 0 Å². The predicted octanol–water partition coefficient (Wildman–Crippen LogP) is 2.66. The number of nitrogens with one attached hydrogen (secondary N) is 1. The summed E-state index contributed by atoms with van der Waals surface area (Å²) in [4.78, 5) is 11.7. The SMILES string of the molecule is CCOC(=O)C(F)(F)[C@@H](NCc1nnc(CC)o1)c1ccccc1. The molecule has 2 rings (SSSR count). The van der Waals surface area contributed by atoms with Crippen molar-refractivity contribution in [1.29, 1.82) is 0 Å². The summed E-state index contributed by atoms with van der Waals surface area (Å²) in [6.45, 7) is 3.09. The lowest BCUT2D eigenvalue weighted by atomic mass is 10.0. The Labute approximate surface area is 138 Å². The largest absolute Gasteiger partial charge is 0.462 e. The number of esters is 1. The lowest BCUT2D eigenvalue weighted by Gasteiger charge is -2.26. The van der Waals surface area contributed by atoms with Gasteiger partial charge in [0.2, 0.25) is 11.8 Å². The number of aromatic nitrogens is 2. The normalized spacial score (nSPS) is 12.8. The van der Waals surface area contributed by atoms with Crippen molar-refractivity contribution >= 4 is 5.97 Å². The molecular weight excluding hydrogens is 320 g/mol. The summed E-state index contributed by atoms with van der Waals surface area (Å²) >= 11 is 0. The van der Waals surface area contributed by atoms with Crippen molar-refractivity contribution in [3.8, 4) is 0 Å². The van der Waals surface area contributed by atoms with Crippen molar-refractivity contribution < 1.29 is 22.7 Å². The van der Waals surface area contributed by atoms with E-state index in [2.05, 4.69) is 20.3 Å². The lowest BCUT2D eigenvalue weighted by Crippen LogP contribution is -2.44. The van der Waals surface area contributed by atoms with Gasteiger partial charge in [-0.2, -0.15) is 8.78 Å². The highest BCUT2D eigenvalue weighted by molar-refractivity contribution is 5.79. The van der Waals surface area contributed by atoms with E-state index >= 15 is 0 Å². The highest BCUT2D eigenvalue weighted by Gasteiger charge is 2.49. The second-order valence-electron chi connectivity index (χ2n) is 5.01. The van der Waals surface area contributed by atoms with Crippen molar-refractivity contribution in [1.82, 2.24) is 15.5 Å². The fourth-order valence-electron chi connectivity index (χ4n) is 2.14. The van der Waals surface area contributed by atoms with Crippen LogP contribution in [0.2, 0.25) is 0 Å². The average molecular weight is 339 g/mol. The number of hydrogen-bond acceptors (Lipinski definition) is 6. The molecule has 0 aliphatic carbocycles. The van der Waals surface area contributed by atoms with Crippen molar-refractivity contribution in [2.45, 2.75) is 38.8 Å². The first-order valence-electron chi connectivity index (χ1n) is 7.63. The number of aryl methyl sites for hydroxylation is 1. The van der Waals surface area contributed by atoms with Gasteiger partial charge in [0.25, 0.3) is 0 Å². The number of rotatable bonds is 8. The van der Waals surface area contributed by atoms with Gasteiger partial charge in [0, 0.05) is 6.42 Å². The average Bonchev–Trinajstić information content (AvgIpc) is 3.04. The second kappa shape index (κ2) is 7.96. The molecule has 0 aliphatic heterocycles. The van der Waals surface area contributed by atoms with Crippen LogP contribution in [-0.4, -0.2) is 28.7 Å². The molecule has 0 amide bonds. The van der Waals surface area contributed by atoms with Gasteiger partial charge in [0.1, 0.15) is 6.04 Å². The van der Waals surface area contributed by atoms with E-state index in [0.29, 0.717) is 12.3 Å². The Kier molecular flexibility index (Phi) is 5.97. The third kappa shape index (κ3) is 4.14. The molecule has 6 nitrogen and oxygen atoms in total. The number of benzene rings is 1. The predicted molar refractivity (Wildman–Crippen MR) is 81.3 cm³/mol. The van der Waals surface area contributed by atoms with Crippen LogP contribution in [-0.2, 0) is 22.5 Å². The van der Waals surface area contributed by atoms with Crippen LogP contribution in [0.15, 0.2) is 34.7 Å². The fourth-order valence-corrected chi connectivity index (χ4v) is 2.14. The number of carbonyl (C=O) groups excluding carboxylic acids is 1. The van der Waals surface area contributed by atoms with E-state index in [1.807, 2.05) is 6.92 Å². The number of ether oxygens (including phenoxy) is 1. The first-order valence-corrected chi connectivity index (χ1v) is 7.63. The number of alkyl halides is 2. The maximum atomic E-state index is 14.5. The molecule has 8 heteroatoms. The molecule has 1 aromatic heterocycles. The van der Waals surface area contributed by atoms with Crippen LogP contribution in [0.4, 0.5) is 8.78 Å². The molecule has 0 aliphatic rings. The molecule has 24 heavy (non-hydrogen) atoms. The molecule has 0 radical (unpaired) electrons. The van der Waals surface area contributed by atoms with E-state index in [9.17, 15) is 13.6 Å². The zero-order valence-electron chi connectivity index (χ0n) is 13.5. The van der Waals surface area contributed by atoms with Crippen LogP contribution < -0.4 is 5.32 Å². The molecule has 0 bridgehead atoms. The molecule has 0 saturated heterocycles. The molecule has 1 atom stereocenters. The van der Waals surface area contributed by atoms with E-state index < -0.39 is 17.9 Å². The minimum absolute atomic E-state index is 0.0957. The van der Waals surface area contributed by atoms with Crippen LogP contribution in [0, 0.1) is 0 Å². The molecule has 2 aromatic rings. The maximum Gasteiger partial charge on any atom is 0.379 e. The Bertz CT molecular complexity index is 662. The molecule has 0 saturated carbocycles. The van der Waals surface area contributed by atoms with Gasteiger partial charge in [0.15, 0.2) is 0 Å². The van der Waals surface area contributed by atoms with Crippen LogP contribution in [0.25, 0.3) is 0 Å². The van der Waals surface area contributed by atoms with Crippen LogP contribution in [0.5, 0.6) is 0 Å². The first-order chi connectivity index (χ1) is 11.5. The van der Waals surface area contributed by atoms with Crippen LogP contribution in [0.3, 0.4) is 0 Å². The summed E-state index contributed by atoms with van der Waals surface area (Å²) < 4.78 is 38.8. The van der Waals surface area contributed by atoms with E-state index in [0.717, 1.165) is 0 Å². The zero-order chi connectivity index (χ0) is 17.6. The van der Waals surface area contributed by atoms with Gasteiger partial charge in [-0.25, -0.2) is 4.79 Å². The Balaban J connectivity index is 2.21. The summed E-state index contributed by atoms with van der Waals surface area (Å²) in [5.41, 5.74) is 0.255. The van der Waals surface area contributed by atoms with E-state index in [1.165, 1.54) is 19.1 Å². The Hall–Kier alpha value is -2.35. The Morgan fingerprint density at radius 1 is 1.25 bits per heavy atom. The molecule has 0 spiro atoms. The number of nitrogens with zero attached hydrogens (tertiary/aromatic N) is 2. The number of hydrogen-bond donors (Lipinski definition) is 1. The minimum Gasteiger partial charge on any atom is -0.462 e. The molecule has 1 N–H and O–H groups in total. The quantitative estimate of drug-likeness (QED) is 0.745. The summed E-state index contributed by atoms with van der Waals surface area (Å²) in [6, 6.07) is 6.39. The highest BCUT2D eigenvalue weighted by atomic mass is 19.3. The Morgan fingerprint density at radius 2 is 1.92 bits per heavy atom. The van der Waals surface area contributed by atoms with Crippen molar-refractivity contribution in [3.63, 3.8) is 0 Å². The lowest BCUT2D eigenvalue weighted by molar-refractivity contribution is -0.176. The molecule has 0 unspecified atom stereocenters. The van der Waals surface area contributed by atoms with Gasteiger partial charge in [-0.3, -0.25) is 5.32 Å². The molecule has 1 heterocycles. The van der Waals surface area contributed by atoms with Gasteiger partial charge in [-0.1, -0.05) is 37.3 Å². The number of halogens is 2. The van der Waals surface area contributed by atoms with Crippen molar-refractivity contribution in [2.75, 3.05) is 6.61 Å². The third-order valence-electron chi connectivity index (χ3n) is 3.31. The van der Waals surface area contributed by atoms with E-state index in [4.69, 9.17) is 4.42 Å². The fraction of sp³-hybridized carbons (Fsp3) is 0.438. The third-order valence-corrected chi connectivity index (χ3v) is 3.31. The van der Waals surface area contributed by atoms with Crippen LogP contribution in [0.1, 0.15) is 37.2 Å². The standard InChI is InChI=1S/C16H19F2N3O3/c1-3-12-20-21-13(24-12)10-19-14(11-8-6-5-7-9-11)16(17,18)15(22)23-4-2/h5-9,14,19H,3-4,10H2,1-2H3/t14-/m0/s1. The summed E-state index contributed by atoms with van der Waals surface area (Å²) in [5.74, 6) is -4.73. The second-order valence-corrected chi connectivity index (χ2v) is 5.01. The molecule has 130 valence electrons. The van der Waals surface area contributed by atoms with Gasteiger partial charge < -0.3 is 9.15 Å². The Morgan fingerprint density at radius 3 is 2.50 bits per heavy atom. The monoisotopic (exact) mass is 339 g/mol. The summed E-state index contributed by atoms with van der Waals surface area (Å²) in [7, 11) is 0. The van der Waals surface area contributed by atoms with Gasteiger partial charge in [0.05, 0.1) is 13.2 Å². The van der Waals surface area contributed by atoms with E-state index in [1.54, 1.807) is 18.2 Å². The van der Waals surface area contributed by atoms with Crippen molar-refractivity contribution in [3.05, 3.63) is 47.7 Å². The topological polar surface area (TPSA) is 77.2 Å². The van der Waals surface area contributed by atoms with E-state index in [-0.39, 0.29) is 24.6 Å². The molecule has 0 fully saturated rings.